The zero-order valence-corrected chi connectivity index (χ0v) is 13.9. The third-order valence-corrected chi connectivity index (χ3v) is 3.76. The molecule has 0 radical (unpaired) electrons. The van der Waals surface area contributed by atoms with E-state index >= 15 is 0 Å². The van der Waals surface area contributed by atoms with Crippen LogP contribution in [0, 0.1) is 0 Å². The molecule has 2 aromatic carbocycles. The van der Waals surface area contributed by atoms with E-state index in [4.69, 9.17) is 9.47 Å². The predicted octanol–water partition coefficient (Wildman–Crippen LogP) is 2.89. The first-order valence-corrected chi connectivity index (χ1v) is 8.02. The largest absolute Gasteiger partial charge is 0.444 e. The van der Waals surface area contributed by atoms with E-state index in [1.54, 1.807) is 24.3 Å². The van der Waals surface area contributed by atoms with E-state index in [0.717, 1.165) is 11.1 Å². The smallest absolute Gasteiger partial charge is 0.428 e. The van der Waals surface area contributed by atoms with Gasteiger partial charge in [0.2, 0.25) is 0 Å². The maximum Gasteiger partial charge on any atom is 0.428 e. The molecule has 134 valence electrons. The van der Waals surface area contributed by atoms with E-state index < -0.39 is 24.2 Å². The van der Waals surface area contributed by atoms with Crippen LogP contribution in [0.1, 0.15) is 11.1 Å². The van der Waals surface area contributed by atoms with Gasteiger partial charge in [0, 0.05) is 0 Å². The van der Waals surface area contributed by atoms with E-state index in [2.05, 4.69) is 4.74 Å². The van der Waals surface area contributed by atoms with Crippen LogP contribution in [0.5, 0.6) is 0 Å². The molecule has 1 fully saturated rings. The number of nitrogens with zero attached hydrogens (tertiary/aromatic N) is 1. The zero-order chi connectivity index (χ0) is 18.4. The Morgan fingerprint density at radius 1 is 0.923 bits per heavy atom. The second-order valence-electron chi connectivity index (χ2n) is 5.61. The molecule has 3 rings (SSSR count). The Kier molecular flexibility index (Phi) is 5.60. The molecule has 0 spiro atoms. The minimum Gasteiger partial charge on any atom is -0.444 e. The normalized spacial score (nSPS) is 16.5. The van der Waals surface area contributed by atoms with Crippen molar-refractivity contribution < 1.29 is 28.6 Å². The van der Waals surface area contributed by atoms with E-state index in [0.29, 0.717) is 4.90 Å². The maximum absolute atomic E-state index is 12.2. The summed E-state index contributed by atoms with van der Waals surface area (Å²) < 4.78 is 15.1. The summed E-state index contributed by atoms with van der Waals surface area (Å²) in [4.78, 5) is 36.5. The molecule has 0 aliphatic carbocycles. The quantitative estimate of drug-likeness (QED) is 0.585. The Morgan fingerprint density at radius 3 is 2.12 bits per heavy atom. The highest BCUT2D eigenvalue weighted by Crippen LogP contribution is 2.17. The molecule has 7 heteroatoms. The standard InChI is InChI=1S/C19H17NO6/c21-17-16(13-24-11-14-7-3-1-4-8-14)20(19(23)26-17)18(22)25-12-15-9-5-2-6-10-15/h1-10,16H,11-13H2. The number of ether oxygens (including phenoxy) is 3. The summed E-state index contributed by atoms with van der Waals surface area (Å²) in [5.41, 5.74) is 1.67. The Bertz CT molecular complexity index is 777. The number of carbonyl (C=O) groups is 3. The van der Waals surface area contributed by atoms with Crippen molar-refractivity contribution in [3.63, 3.8) is 0 Å². The van der Waals surface area contributed by atoms with Crippen LogP contribution < -0.4 is 0 Å². The summed E-state index contributed by atoms with van der Waals surface area (Å²) in [6, 6.07) is 17.2. The predicted molar refractivity (Wildman–Crippen MR) is 89.8 cm³/mol. The fourth-order valence-corrected chi connectivity index (χ4v) is 2.43. The van der Waals surface area contributed by atoms with Crippen LogP contribution in [0.4, 0.5) is 9.59 Å². The SMILES string of the molecule is O=C1OC(=O)N(C(=O)OCc2ccccc2)C1COCc1ccccc1. The highest BCUT2D eigenvalue weighted by atomic mass is 16.6. The molecule has 7 nitrogen and oxygen atoms in total. The minimum absolute atomic E-state index is 0.0186. The molecule has 0 bridgehead atoms. The van der Waals surface area contributed by atoms with Gasteiger partial charge in [-0.1, -0.05) is 60.7 Å². The van der Waals surface area contributed by atoms with Crippen molar-refractivity contribution in [2.24, 2.45) is 0 Å². The van der Waals surface area contributed by atoms with Crippen molar-refractivity contribution >= 4 is 18.2 Å². The summed E-state index contributed by atoms with van der Waals surface area (Å²) in [6.07, 6.45) is -2.00. The van der Waals surface area contributed by atoms with Crippen LogP contribution in [0.3, 0.4) is 0 Å². The van der Waals surface area contributed by atoms with Crippen LogP contribution >= 0.6 is 0 Å². The number of hydrogen-bond donors (Lipinski definition) is 0. The molecule has 1 saturated heterocycles. The first-order chi connectivity index (χ1) is 12.6. The van der Waals surface area contributed by atoms with Gasteiger partial charge in [-0.25, -0.2) is 14.4 Å². The molecule has 0 N–H and O–H groups in total. The highest BCUT2D eigenvalue weighted by molar-refractivity contribution is 6.03. The van der Waals surface area contributed by atoms with Crippen molar-refractivity contribution in [1.82, 2.24) is 4.90 Å². The molecular formula is C19H17NO6. The number of amides is 2. The lowest BCUT2D eigenvalue weighted by atomic mass is 10.2. The van der Waals surface area contributed by atoms with Gasteiger partial charge in [-0.2, -0.15) is 4.90 Å². The van der Waals surface area contributed by atoms with Crippen LogP contribution in [0.15, 0.2) is 60.7 Å². The van der Waals surface area contributed by atoms with E-state index in [-0.39, 0.29) is 19.8 Å². The number of rotatable bonds is 6. The number of benzene rings is 2. The summed E-state index contributed by atoms with van der Waals surface area (Å²) in [5.74, 6) is -0.834. The molecule has 26 heavy (non-hydrogen) atoms. The van der Waals surface area contributed by atoms with Crippen molar-refractivity contribution in [2.45, 2.75) is 19.3 Å². The molecule has 0 aromatic heterocycles. The fourth-order valence-electron chi connectivity index (χ4n) is 2.43. The monoisotopic (exact) mass is 355 g/mol. The number of hydrogen-bond acceptors (Lipinski definition) is 6. The van der Waals surface area contributed by atoms with E-state index in [1.165, 1.54) is 0 Å². The van der Waals surface area contributed by atoms with Gasteiger partial charge in [0.05, 0.1) is 13.2 Å². The summed E-state index contributed by atoms with van der Waals surface area (Å²) in [6.45, 7) is 0.0564. The Morgan fingerprint density at radius 2 is 1.50 bits per heavy atom. The maximum atomic E-state index is 12.2. The average molecular weight is 355 g/mol. The Balaban J connectivity index is 1.57. The van der Waals surface area contributed by atoms with Crippen LogP contribution in [-0.4, -0.2) is 35.7 Å². The molecule has 1 atom stereocenters. The topological polar surface area (TPSA) is 82.1 Å². The molecule has 1 aliphatic heterocycles. The minimum atomic E-state index is -1.16. The summed E-state index contributed by atoms with van der Waals surface area (Å²) in [5, 5.41) is 0. The van der Waals surface area contributed by atoms with Gasteiger partial charge in [-0.05, 0) is 11.1 Å². The average Bonchev–Trinajstić information content (AvgIpc) is 2.95. The fraction of sp³-hybridized carbons (Fsp3) is 0.211. The molecular weight excluding hydrogens is 338 g/mol. The van der Waals surface area contributed by atoms with Gasteiger partial charge in [-0.15, -0.1) is 0 Å². The zero-order valence-electron chi connectivity index (χ0n) is 13.9. The molecule has 2 amide bonds. The highest BCUT2D eigenvalue weighted by Gasteiger charge is 2.46. The van der Waals surface area contributed by atoms with Crippen LogP contribution in [0.2, 0.25) is 0 Å². The second kappa shape index (κ2) is 8.26. The Hall–Kier alpha value is -3.19. The summed E-state index contributed by atoms with van der Waals surface area (Å²) >= 11 is 0. The molecule has 1 heterocycles. The molecule has 1 unspecified atom stereocenters. The van der Waals surface area contributed by atoms with Crippen molar-refractivity contribution in [1.29, 1.82) is 0 Å². The number of imide groups is 1. The van der Waals surface area contributed by atoms with Gasteiger partial charge in [-0.3, -0.25) is 0 Å². The second-order valence-corrected chi connectivity index (χ2v) is 5.61. The molecule has 0 saturated carbocycles. The third kappa shape index (κ3) is 4.25. The lowest BCUT2D eigenvalue weighted by molar-refractivity contribution is -0.137. The first kappa shape index (κ1) is 17.6. The number of esters is 1. The summed E-state index contributed by atoms with van der Waals surface area (Å²) in [7, 11) is 0. The van der Waals surface area contributed by atoms with Gasteiger partial charge in [0.1, 0.15) is 6.61 Å². The number of carbonyl (C=O) groups excluding carboxylic acids is 3. The van der Waals surface area contributed by atoms with Gasteiger partial charge in [0.25, 0.3) is 0 Å². The molecule has 1 aliphatic rings. The van der Waals surface area contributed by atoms with E-state index in [9.17, 15) is 14.4 Å². The third-order valence-electron chi connectivity index (χ3n) is 3.76. The Labute approximate surface area is 150 Å². The van der Waals surface area contributed by atoms with Gasteiger partial charge in [0.15, 0.2) is 6.04 Å². The first-order valence-electron chi connectivity index (χ1n) is 8.02. The number of cyclic esters (lactones) is 2. The van der Waals surface area contributed by atoms with Crippen LogP contribution in [0.25, 0.3) is 0 Å². The van der Waals surface area contributed by atoms with Gasteiger partial charge >= 0.3 is 18.2 Å². The van der Waals surface area contributed by atoms with Crippen molar-refractivity contribution in [3.8, 4) is 0 Å². The lowest BCUT2D eigenvalue weighted by Gasteiger charge is -2.18. The van der Waals surface area contributed by atoms with Gasteiger partial charge < -0.3 is 14.2 Å². The van der Waals surface area contributed by atoms with Crippen LogP contribution in [-0.2, 0) is 32.2 Å². The van der Waals surface area contributed by atoms with Crippen molar-refractivity contribution in [2.75, 3.05) is 6.61 Å². The molecule has 2 aromatic rings. The lowest BCUT2D eigenvalue weighted by Crippen LogP contribution is -2.43. The van der Waals surface area contributed by atoms with E-state index in [1.807, 2.05) is 36.4 Å². The van der Waals surface area contributed by atoms with Crippen molar-refractivity contribution in [3.05, 3.63) is 71.8 Å².